The molecule has 1 aromatic heterocycles. The Labute approximate surface area is 89.4 Å². The molecule has 3 nitrogen and oxygen atoms in total. The summed E-state index contributed by atoms with van der Waals surface area (Å²) in [4.78, 5) is 4.20. The summed E-state index contributed by atoms with van der Waals surface area (Å²) in [5.74, 6) is 0.845. The molecule has 1 unspecified atom stereocenters. The molecule has 1 aromatic rings. The van der Waals surface area contributed by atoms with Crippen LogP contribution in [-0.2, 0) is 4.74 Å². The van der Waals surface area contributed by atoms with Crippen LogP contribution in [0, 0.1) is 6.92 Å². The number of alkyl halides is 1. The van der Waals surface area contributed by atoms with Gasteiger partial charge in [-0.3, -0.25) is 0 Å². The van der Waals surface area contributed by atoms with Gasteiger partial charge in [-0.2, -0.15) is 0 Å². The smallest absolute Gasteiger partial charge is 0.125 e. The molecule has 0 amide bonds. The highest BCUT2D eigenvalue weighted by atomic mass is 35.5. The molecule has 0 spiro atoms. The minimum Gasteiger partial charge on any atom is -0.383 e. The van der Waals surface area contributed by atoms with Gasteiger partial charge < -0.3 is 10.1 Å². The molecule has 0 bridgehead atoms. The van der Waals surface area contributed by atoms with E-state index in [0.29, 0.717) is 13.2 Å². The van der Waals surface area contributed by atoms with E-state index >= 15 is 0 Å². The highest BCUT2D eigenvalue weighted by molar-refractivity contribution is 6.21. The number of methoxy groups -OCH3 is 1. The largest absolute Gasteiger partial charge is 0.383 e. The summed E-state index contributed by atoms with van der Waals surface area (Å²) in [5.41, 5.74) is 1.15. The third kappa shape index (κ3) is 3.94. The fourth-order valence-corrected chi connectivity index (χ4v) is 1.23. The van der Waals surface area contributed by atoms with Crippen molar-refractivity contribution in [1.29, 1.82) is 0 Å². The number of nitrogens with zero attached hydrogens (tertiary/aromatic N) is 1. The Morgan fingerprint density at radius 1 is 1.57 bits per heavy atom. The highest BCUT2D eigenvalue weighted by Crippen LogP contribution is 2.05. The lowest BCUT2D eigenvalue weighted by Crippen LogP contribution is -2.19. The Hall–Kier alpha value is -0.800. The number of ether oxygens (including phenoxy) is 1. The van der Waals surface area contributed by atoms with Crippen molar-refractivity contribution in [3.8, 4) is 0 Å². The molecule has 4 heteroatoms. The number of rotatable bonds is 5. The Morgan fingerprint density at radius 3 is 2.93 bits per heavy atom. The molecule has 0 saturated carbocycles. The van der Waals surface area contributed by atoms with Crippen LogP contribution in [0.25, 0.3) is 0 Å². The molecule has 1 rings (SSSR count). The normalized spacial score (nSPS) is 12.5. The van der Waals surface area contributed by atoms with Crippen LogP contribution in [0.3, 0.4) is 0 Å². The zero-order chi connectivity index (χ0) is 10.4. The SMILES string of the molecule is COCC(Cl)CNc1ccc(C)cn1. The van der Waals surface area contributed by atoms with E-state index in [9.17, 15) is 0 Å². The van der Waals surface area contributed by atoms with Crippen molar-refractivity contribution >= 4 is 17.4 Å². The molecule has 78 valence electrons. The van der Waals surface area contributed by atoms with Crippen molar-refractivity contribution in [3.05, 3.63) is 23.9 Å². The molecule has 14 heavy (non-hydrogen) atoms. The standard InChI is InChI=1S/C10H15ClN2O/c1-8-3-4-10(12-5-8)13-6-9(11)7-14-2/h3-5,9H,6-7H2,1-2H3,(H,12,13). The number of halogens is 1. The topological polar surface area (TPSA) is 34.1 Å². The van der Waals surface area contributed by atoms with E-state index in [1.807, 2.05) is 25.3 Å². The summed E-state index contributed by atoms with van der Waals surface area (Å²) in [6, 6.07) is 3.95. The first kappa shape index (κ1) is 11.3. The molecular weight excluding hydrogens is 200 g/mol. The van der Waals surface area contributed by atoms with Crippen LogP contribution in [-0.4, -0.2) is 30.6 Å². The summed E-state index contributed by atoms with van der Waals surface area (Å²) in [5, 5.41) is 3.11. The van der Waals surface area contributed by atoms with Crippen molar-refractivity contribution in [1.82, 2.24) is 4.98 Å². The van der Waals surface area contributed by atoms with E-state index in [4.69, 9.17) is 16.3 Å². The number of pyridine rings is 1. The maximum absolute atomic E-state index is 5.95. The summed E-state index contributed by atoms with van der Waals surface area (Å²) in [6.07, 6.45) is 1.82. The zero-order valence-electron chi connectivity index (χ0n) is 8.46. The van der Waals surface area contributed by atoms with Gasteiger partial charge in [-0.25, -0.2) is 4.98 Å². The Balaban J connectivity index is 2.34. The lowest BCUT2D eigenvalue weighted by atomic mass is 10.3. The van der Waals surface area contributed by atoms with Crippen molar-refractivity contribution in [2.75, 3.05) is 25.6 Å². The second kappa shape index (κ2) is 5.83. The molecule has 1 N–H and O–H groups in total. The first-order valence-electron chi connectivity index (χ1n) is 4.52. The number of anilines is 1. The van der Waals surface area contributed by atoms with E-state index in [1.165, 1.54) is 0 Å². The summed E-state index contributed by atoms with van der Waals surface area (Å²) >= 11 is 5.95. The second-order valence-corrected chi connectivity index (χ2v) is 3.77. The van der Waals surface area contributed by atoms with Crippen molar-refractivity contribution in [3.63, 3.8) is 0 Å². The Kier molecular flexibility index (Phi) is 4.70. The zero-order valence-corrected chi connectivity index (χ0v) is 9.21. The summed E-state index contributed by atoms with van der Waals surface area (Å²) in [7, 11) is 1.64. The van der Waals surface area contributed by atoms with Crippen molar-refractivity contribution in [2.24, 2.45) is 0 Å². The molecule has 0 aliphatic rings. The predicted octanol–water partition coefficient (Wildman–Crippen LogP) is 2.06. The third-order valence-electron chi connectivity index (χ3n) is 1.76. The van der Waals surface area contributed by atoms with Crippen molar-refractivity contribution < 1.29 is 4.74 Å². The molecule has 0 saturated heterocycles. The van der Waals surface area contributed by atoms with Gasteiger partial charge in [0.1, 0.15) is 5.82 Å². The fraction of sp³-hybridized carbons (Fsp3) is 0.500. The van der Waals surface area contributed by atoms with E-state index in [2.05, 4.69) is 10.3 Å². The van der Waals surface area contributed by atoms with Crippen LogP contribution >= 0.6 is 11.6 Å². The molecule has 1 atom stereocenters. The van der Waals surface area contributed by atoms with Crippen LogP contribution in [0.2, 0.25) is 0 Å². The average molecular weight is 215 g/mol. The number of hydrogen-bond acceptors (Lipinski definition) is 3. The van der Waals surface area contributed by atoms with Gasteiger partial charge in [0.2, 0.25) is 0 Å². The van der Waals surface area contributed by atoms with Gasteiger partial charge in [-0.05, 0) is 18.6 Å². The lowest BCUT2D eigenvalue weighted by Gasteiger charge is -2.10. The number of aryl methyl sites for hydroxylation is 1. The summed E-state index contributed by atoms with van der Waals surface area (Å²) < 4.78 is 4.92. The molecule has 0 fully saturated rings. The highest BCUT2D eigenvalue weighted by Gasteiger charge is 2.03. The van der Waals surface area contributed by atoms with Crippen molar-refractivity contribution in [2.45, 2.75) is 12.3 Å². The lowest BCUT2D eigenvalue weighted by molar-refractivity contribution is 0.200. The van der Waals surface area contributed by atoms with Gasteiger partial charge in [0.15, 0.2) is 0 Å². The Morgan fingerprint density at radius 2 is 2.36 bits per heavy atom. The van der Waals surface area contributed by atoms with Crippen LogP contribution in [0.1, 0.15) is 5.56 Å². The third-order valence-corrected chi connectivity index (χ3v) is 2.04. The maximum Gasteiger partial charge on any atom is 0.125 e. The molecule has 0 aliphatic carbocycles. The first-order valence-corrected chi connectivity index (χ1v) is 4.95. The molecule has 0 radical (unpaired) electrons. The quantitative estimate of drug-likeness (QED) is 0.762. The summed E-state index contributed by atoms with van der Waals surface area (Å²) in [6.45, 7) is 3.21. The minimum absolute atomic E-state index is 0.0249. The monoisotopic (exact) mass is 214 g/mol. The van der Waals surface area contributed by atoms with E-state index in [1.54, 1.807) is 7.11 Å². The van der Waals surface area contributed by atoms with Gasteiger partial charge in [-0.15, -0.1) is 11.6 Å². The number of nitrogens with one attached hydrogen (secondary N) is 1. The van der Waals surface area contributed by atoms with Crippen LogP contribution < -0.4 is 5.32 Å². The Bertz CT molecular complexity index is 263. The second-order valence-electron chi connectivity index (χ2n) is 3.15. The minimum atomic E-state index is -0.0249. The first-order chi connectivity index (χ1) is 6.72. The van der Waals surface area contributed by atoms with Crippen LogP contribution in [0.4, 0.5) is 5.82 Å². The van der Waals surface area contributed by atoms with Gasteiger partial charge in [0, 0.05) is 19.9 Å². The van der Waals surface area contributed by atoms with Gasteiger partial charge >= 0.3 is 0 Å². The van der Waals surface area contributed by atoms with Crippen LogP contribution in [0.15, 0.2) is 18.3 Å². The maximum atomic E-state index is 5.95. The number of hydrogen-bond donors (Lipinski definition) is 1. The van der Waals surface area contributed by atoms with E-state index in [-0.39, 0.29) is 5.38 Å². The fourth-order valence-electron chi connectivity index (χ4n) is 1.03. The van der Waals surface area contributed by atoms with Gasteiger partial charge in [-0.1, -0.05) is 6.07 Å². The average Bonchev–Trinajstić information content (AvgIpc) is 2.17. The molecule has 0 aromatic carbocycles. The molecular formula is C10H15ClN2O. The molecule has 1 heterocycles. The van der Waals surface area contributed by atoms with Crippen LogP contribution in [0.5, 0.6) is 0 Å². The number of aromatic nitrogens is 1. The van der Waals surface area contributed by atoms with E-state index in [0.717, 1.165) is 11.4 Å². The predicted molar refractivity (Wildman–Crippen MR) is 59.0 cm³/mol. The van der Waals surface area contributed by atoms with E-state index < -0.39 is 0 Å². The molecule has 0 aliphatic heterocycles. The van der Waals surface area contributed by atoms with Gasteiger partial charge in [0.25, 0.3) is 0 Å². The van der Waals surface area contributed by atoms with Gasteiger partial charge in [0.05, 0.1) is 12.0 Å².